The monoisotopic (exact) mass is 303 g/mol. The number of fused-ring (bicyclic) bond motifs is 1. The lowest BCUT2D eigenvalue weighted by atomic mass is 9.72. The Balaban J connectivity index is 1.80. The zero-order valence-electron chi connectivity index (χ0n) is 13.4. The second-order valence-electron chi connectivity index (χ2n) is 6.87. The van der Waals surface area contributed by atoms with Gasteiger partial charge in [-0.15, -0.1) is 0 Å². The van der Waals surface area contributed by atoms with Gasteiger partial charge in [0.25, 0.3) is 0 Å². The number of epoxide rings is 1. The van der Waals surface area contributed by atoms with E-state index < -0.39 is 0 Å². The number of phenolic OH excluding ortho intramolecular Hbond substituents is 1. The van der Waals surface area contributed by atoms with Crippen LogP contribution in [0, 0.1) is 0 Å². The summed E-state index contributed by atoms with van der Waals surface area (Å²) in [6.45, 7) is 4.98. The van der Waals surface area contributed by atoms with Crippen LogP contribution in [0.25, 0.3) is 0 Å². The summed E-state index contributed by atoms with van der Waals surface area (Å²) < 4.78 is 11.8. The molecule has 0 radical (unpaired) electrons. The van der Waals surface area contributed by atoms with E-state index in [0.29, 0.717) is 5.75 Å². The topological polar surface area (TPSA) is 54.0 Å². The standard InChI is InChI=1S/C18H25NO3/c1-3-11-8-14-16(12(4-2)17(11)20)13(19-15-10-21-15)9-18(22-14)6-5-7-18/h8,13,15,19-20H,3-7,9-10H2,1-2H3. The molecule has 1 saturated heterocycles. The van der Waals surface area contributed by atoms with E-state index in [9.17, 15) is 5.11 Å². The normalized spacial score (nSPS) is 27.9. The number of ether oxygens (including phenoxy) is 2. The van der Waals surface area contributed by atoms with Crippen molar-refractivity contribution in [2.24, 2.45) is 0 Å². The molecule has 1 aromatic rings. The molecule has 2 N–H and O–H groups in total. The molecule has 4 rings (SSSR count). The van der Waals surface area contributed by atoms with Crippen molar-refractivity contribution in [2.45, 2.75) is 70.2 Å². The Hall–Kier alpha value is -1.26. The minimum atomic E-state index is 0.00650. The van der Waals surface area contributed by atoms with Gasteiger partial charge in [0.05, 0.1) is 6.61 Å². The quantitative estimate of drug-likeness (QED) is 0.839. The number of aromatic hydroxyl groups is 1. The van der Waals surface area contributed by atoms with E-state index in [1.165, 1.54) is 6.42 Å². The zero-order valence-corrected chi connectivity index (χ0v) is 13.4. The van der Waals surface area contributed by atoms with Gasteiger partial charge in [0, 0.05) is 23.6 Å². The van der Waals surface area contributed by atoms with Gasteiger partial charge in [-0.25, -0.2) is 0 Å². The fourth-order valence-corrected chi connectivity index (χ4v) is 4.01. The lowest BCUT2D eigenvalue weighted by Crippen LogP contribution is -2.49. The average Bonchev–Trinajstić information content (AvgIpc) is 3.29. The molecular formula is C18H25NO3. The Morgan fingerprint density at radius 2 is 2.09 bits per heavy atom. The van der Waals surface area contributed by atoms with E-state index in [2.05, 4.69) is 25.2 Å². The summed E-state index contributed by atoms with van der Waals surface area (Å²) >= 11 is 0. The molecule has 2 fully saturated rings. The molecule has 1 saturated carbocycles. The number of benzene rings is 1. The van der Waals surface area contributed by atoms with Gasteiger partial charge < -0.3 is 14.6 Å². The molecule has 3 aliphatic rings. The lowest BCUT2D eigenvalue weighted by molar-refractivity contribution is -0.0383. The fraction of sp³-hybridized carbons (Fsp3) is 0.667. The number of aryl methyl sites for hydroxylation is 1. The van der Waals surface area contributed by atoms with Crippen molar-refractivity contribution in [1.82, 2.24) is 5.32 Å². The molecule has 0 aromatic heterocycles. The summed E-state index contributed by atoms with van der Waals surface area (Å²) in [6, 6.07) is 2.29. The highest BCUT2D eigenvalue weighted by Crippen LogP contribution is 2.52. The van der Waals surface area contributed by atoms with Crippen molar-refractivity contribution in [3.05, 3.63) is 22.8 Å². The summed E-state index contributed by atoms with van der Waals surface area (Å²) in [7, 11) is 0. The van der Waals surface area contributed by atoms with Crippen LogP contribution >= 0.6 is 0 Å². The molecule has 22 heavy (non-hydrogen) atoms. The first-order valence-electron chi connectivity index (χ1n) is 8.60. The molecule has 0 bridgehead atoms. The van der Waals surface area contributed by atoms with Gasteiger partial charge in [-0.1, -0.05) is 13.8 Å². The van der Waals surface area contributed by atoms with Crippen LogP contribution in [-0.4, -0.2) is 23.5 Å². The fourth-order valence-electron chi connectivity index (χ4n) is 4.01. The number of hydrogen-bond acceptors (Lipinski definition) is 4. The van der Waals surface area contributed by atoms with E-state index in [4.69, 9.17) is 9.47 Å². The van der Waals surface area contributed by atoms with E-state index in [1.807, 2.05) is 0 Å². The minimum absolute atomic E-state index is 0.00650. The Bertz CT molecular complexity index is 590. The maximum Gasteiger partial charge on any atom is 0.132 e. The second-order valence-corrected chi connectivity index (χ2v) is 6.87. The predicted molar refractivity (Wildman–Crippen MR) is 84.3 cm³/mol. The third-order valence-corrected chi connectivity index (χ3v) is 5.46. The Morgan fingerprint density at radius 1 is 1.32 bits per heavy atom. The number of phenols is 1. The van der Waals surface area contributed by atoms with Crippen LogP contribution in [0.2, 0.25) is 0 Å². The van der Waals surface area contributed by atoms with Crippen LogP contribution in [0.1, 0.15) is 62.3 Å². The highest BCUT2D eigenvalue weighted by molar-refractivity contribution is 5.56. The third-order valence-electron chi connectivity index (χ3n) is 5.46. The van der Waals surface area contributed by atoms with E-state index in [0.717, 1.165) is 61.2 Å². The molecule has 2 heterocycles. The number of nitrogens with one attached hydrogen (secondary N) is 1. The first-order valence-corrected chi connectivity index (χ1v) is 8.60. The zero-order chi connectivity index (χ0) is 15.3. The molecular weight excluding hydrogens is 278 g/mol. The van der Waals surface area contributed by atoms with Gasteiger partial charge in [0.2, 0.25) is 0 Å². The van der Waals surface area contributed by atoms with Crippen molar-refractivity contribution >= 4 is 0 Å². The maximum atomic E-state index is 10.6. The summed E-state index contributed by atoms with van der Waals surface area (Å²) in [6.07, 6.45) is 6.33. The Kier molecular flexibility index (Phi) is 3.35. The summed E-state index contributed by atoms with van der Waals surface area (Å²) in [5.41, 5.74) is 3.20. The lowest BCUT2D eigenvalue weighted by Gasteiger charge is -2.48. The van der Waals surface area contributed by atoms with Crippen molar-refractivity contribution in [1.29, 1.82) is 0 Å². The highest BCUT2D eigenvalue weighted by Gasteiger charge is 2.47. The second kappa shape index (κ2) is 5.14. The number of hydrogen-bond donors (Lipinski definition) is 2. The van der Waals surface area contributed by atoms with Gasteiger partial charge in [-0.3, -0.25) is 5.32 Å². The smallest absolute Gasteiger partial charge is 0.132 e. The SMILES string of the molecule is CCc1cc2c(c(CC)c1O)C(NC1CO1)CC1(CCC1)O2. The molecule has 1 aliphatic carbocycles. The molecule has 120 valence electrons. The summed E-state index contributed by atoms with van der Waals surface area (Å²) in [4.78, 5) is 0. The molecule has 2 aliphatic heterocycles. The van der Waals surface area contributed by atoms with E-state index >= 15 is 0 Å². The van der Waals surface area contributed by atoms with E-state index in [1.54, 1.807) is 0 Å². The van der Waals surface area contributed by atoms with Crippen LogP contribution in [0.4, 0.5) is 0 Å². The Morgan fingerprint density at radius 3 is 2.64 bits per heavy atom. The van der Waals surface area contributed by atoms with Crippen LogP contribution in [0.3, 0.4) is 0 Å². The van der Waals surface area contributed by atoms with Crippen molar-refractivity contribution in [3.63, 3.8) is 0 Å². The maximum absolute atomic E-state index is 10.6. The van der Waals surface area contributed by atoms with Crippen LogP contribution < -0.4 is 10.1 Å². The number of rotatable bonds is 4. The van der Waals surface area contributed by atoms with Crippen LogP contribution in [0.15, 0.2) is 6.07 Å². The average molecular weight is 303 g/mol. The van der Waals surface area contributed by atoms with Crippen molar-refractivity contribution in [3.8, 4) is 11.5 Å². The first kappa shape index (κ1) is 14.3. The first-order chi connectivity index (χ1) is 10.7. The van der Waals surface area contributed by atoms with Gasteiger partial charge in [0.15, 0.2) is 0 Å². The molecule has 4 nitrogen and oxygen atoms in total. The molecule has 1 spiro atoms. The van der Waals surface area contributed by atoms with Crippen LogP contribution in [0.5, 0.6) is 11.5 Å². The van der Waals surface area contributed by atoms with Gasteiger partial charge in [-0.2, -0.15) is 0 Å². The summed E-state index contributed by atoms with van der Waals surface area (Å²) in [5, 5.41) is 14.2. The van der Waals surface area contributed by atoms with Crippen LogP contribution in [-0.2, 0) is 17.6 Å². The predicted octanol–water partition coefficient (Wildman–Crippen LogP) is 3.21. The largest absolute Gasteiger partial charge is 0.507 e. The van der Waals surface area contributed by atoms with E-state index in [-0.39, 0.29) is 17.9 Å². The van der Waals surface area contributed by atoms with Crippen molar-refractivity contribution in [2.75, 3.05) is 6.61 Å². The molecule has 1 aromatic carbocycles. The van der Waals surface area contributed by atoms with Gasteiger partial charge in [0.1, 0.15) is 23.3 Å². The summed E-state index contributed by atoms with van der Waals surface area (Å²) in [5.74, 6) is 1.44. The molecule has 2 atom stereocenters. The van der Waals surface area contributed by atoms with Crippen molar-refractivity contribution < 1.29 is 14.6 Å². The Labute approximate surface area is 131 Å². The highest BCUT2D eigenvalue weighted by atomic mass is 16.6. The molecule has 4 heteroatoms. The third kappa shape index (κ3) is 2.20. The molecule has 0 amide bonds. The van der Waals surface area contributed by atoms with Gasteiger partial charge in [-0.05, 0) is 43.7 Å². The minimum Gasteiger partial charge on any atom is -0.507 e. The molecule has 2 unspecified atom stereocenters. The van der Waals surface area contributed by atoms with Gasteiger partial charge >= 0.3 is 0 Å².